The van der Waals surface area contributed by atoms with E-state index in [4.69, 9.17) is 14.2 Å². The van der Waals surface area contributed by atoms with Crippen molar-refractivity contribution in [2.24, 2.45) is 0 Å². The molecular weight excluding hydrogens is 362 g/mol. The first-order valence-electron chi connectivity index (χ1n) is 9.16. The second kappa shape index (κ2) is 9.73. The van der Waals surface area contributed by atoms with Crippen LogP contribution in [0, 0.1) is 13.8 Å². The van der Waals surface area contributed by atoms with Crippen LogP contribution in [-0.4, -0.2) is 42.0 Å². The number of ketones is 1. The van der Waals surface area contributed by atoms with Crippen LogP contribution in [0.2, 0.25) is 0 Å². The Morgan fingerprint density at radius 2 is 1.61 bits per heavy atom. The molecule has 7 heteroatoms. The molecule has 0 unspecified atom stereocenters. The number of aryl methyl sites for hydroxylation is 2. The molecule has 0 aliphatic heterocycles. The number of carbonyl (C=O) groups excluding carboxylic acids is 3. The number of rotatable bonds is 9. The van der Waals surface area contributed by atoms with Gasteiger partial charge in [-0.2, -0.15) is 0 Å². The van der Waals surface area contributed by atoms with Gasteiger partial charge >= 0.3 is 11.9 Å². The van der Waals surface area contributed by atoms with Crippen molar-refractivity contribution < 1.29 is 28.6 Å². The molecule has 0 aliphatic carbocycles. The average molecular weight is 387 g/mol. The fourth-order valence-corrected chi connectivity index (χ4v) is 2.85. The molecule has 1 atom stereocenters. The number of benzene rings is 1. The maximum Gasteiger partial charge on any atom is 0.347 e. The van der Waals surface area contributed by atoms with Crippen LogP contribution in [0.5, 0.6) is 5.75 Å². The van der Waals surface area contributed by atoms with E-state index < -0.39 is 30.4 Å². The number of para-hydroxylation sites is 1. The van der Waals surface area contributed by atoms with E-state index in [-0.39, 0.29) is 17.7 Å². The van der Waals surface area contributed by atoms with E-state index in [1.165, 1.54) is 0 Å². The van der Waals surface area contributed by atoms with Crippen LogP contribution in [0.25, 0.3) is 0 Å². The van der Waals surface area contributed by atoms with Gasteiger partial charge in [0.25, 0.3) is 0 Å². The van der Waals surface area contributed by atoms with Crippen molar-refractivity contribution in [3.63, 3.8) is 0 Å². The molecule has 150 valence electrons. The minimum Gasteiger partial charge on any atom is -0.479 e. The fourth-order valence-electron chi connectivity index (χ4n) is 2.85. The largest absolute Gasteiger partial charge is 0.479 e. The van der Waals surface area contributed by atoms with Crippen molar-refractivity contribution in [1.82, 2.24) is 4.98 Å². The first kappa shape index (κ1) is 21.2. The minimum atomic E-state index is -0.825. The highest BCUT2D eigenvalue weighted by atomic mass is 16.6. The molecule has 0 fully saturated rings. The molecule has 2 aromatic rings. The number of nitrogens with one attached hydrogen (secondary N) is 1. The molecule has 0 radical (unpaired) electrons. The van der Waals surface area contributed by atoms with Gasteiger partial charge in [0.2, 0.25) is 5.78 Å². The van der Waals surface area contributed by atoms with Gasteiger partial charge in [0.05, 0.1) is 17.7 Å². The standard InChI is InChI=1S/C21H25NO6/c1-5-17(28-15-10-8-7-9-11-15)20(24)27-12-16(23)18-13(3)22-14(4)19(18)21(25)26-6-2/h7-11,17,22H,5-6,12H2,1-4H3/t17-/m0/s1. The molecule has 0 aliphatic rings. The van der Waals surface area contributed by atoms with E-state index in [9.17, 15) is 14.4 Å². The number of H-pyrrole nitrogens is 1. The summed E-state index contributed by atoms with van der Waals surface area (Å²) in [6.45, 7) is 6.54. The summed E-state index contributed by atoms with van der Waals surface area (Å²) in [6.07, 6.45) is -0.438. The Morgan fingerprint density at radius 3 is 2.21 bits per heavy atom. The van der Waals surface area contributed by atoms with Gasteiger partial charge in [-0.15, -0.1) is 0 Å². The lowest BCUT2D eigenvalue weighted by Crippen LogP contribution is -2.30. The van der Waals surface area contributed by atoms with Crippen molar-refractivity contribution in [1.29, 1.82) is 0 Å². The van der Waals surface area contributed by atoms with Gasteiger partial charge in [-0.05, 0) is 39.3 Å². The van der Waals surface area contributed by atoms with E-state index in [1.54, 1.807) is 52.0 Å². The molecule has 0 amide bonds. The summed E-state index contributed by atoms with van der Waals surface area (Å²) in [4.78, 5) is 40.1. The van der Waals surface area contributed by atoms with Crippen LogP contribution in [0.1, 0.15) is 52.4 Å². The van der Waals surface area contributed by atoms with Crippen LogP contribution in [0.4, 0.5) is 0 Å². The summed E-state index contributed by atoms with van der Waals surface area (Å²) in [5.74, 6) is -1.16. The summed E-state index contributed by atoms with van der Waals surface area (Å²) < 4.78 is 15.8. The predicted molar refractivity (Wildman–Crippen MR) is 103 cm³/mol. The van der Waals surface area contributed by atoms with Gasteiger partial charge in [0.15, 0.2) is 12.7 Å². The van der Waals surface area contributed by atoms with Crippen LogP contribution in [0.15, 0.2) is 30.3 Å². The molecule has 0 spiro atoms. The Hall–Kier alpha value is -3.09. The number of ether oxygens (including phenoxy) is 3. The van der Waals surface area contributed by atoms with E-state index in [2.05, 4.69) is 4.98 Å². The molecule has 0 saturated carbocycles. The van der Waals surface area contributed by atoms with Gasteiger partial charge in [0.1, 0.15) is 5.75 Å². The molecular formula is C21H25NO6. The van der Waals surface area contributed by atoms with Crippen molar-refractivity contribution in [3.05, 3.63) is 52.8 Å². The quantitative estimate of drug-likeness (QED) is 0.523. The van der Waals surface area contributed by atoms with Gasteiger partial charge in [-0.1, -0.05) is 25.1 Å². The topological polar surface area (TPSA) is 94.7 Å². The molecule has 2 rings (SSSR count). The number of carbonyl (C=O) groups is 3. The number of Topliss-reactive ketones (excluding diaryl/α,β-unsaturated/α-hetero) is 1. The summed E-state index contributed by atoms with van der Waals surface area (Å²) in [6, 6.07) is 8.90. The number of hydrogen-bond donors (Lipinski definition) is 1. The number of aromatic nitrogens is 1. The maximum absolute atomic E-state index is 12.6. The lowest BCUT2D eigenvalue weighted by atomic mass is 10.1. The summed E-state index contributed by atoms with van der Waals surface area (Å²) in [5, 5.41) is 0. The zero-order valence-corrected chi connectivity index (χ0v) is 16.5. The van der Waals surface area contributed by atoms with Crippen LogP contribution in [-0.2, 0) is 14.3 Å². The third-order valence-electron chi connectivity index (χ3n) is 4.13. The number of esters is 2. The van der Waals surface area contributed by atoms with Crippen molar-refractivity contribution >= 4 is 17.7 Å². The second-order valence-corrected chi connectivity index (χ2v) is 6.20. The molecule has 1 heterocycles. The van der Waals surface area contributed by atoms with Gasteiger partial charge in [0, 0.05) is 11.4 Å². The molecule has 1 N–H and O–H groups in total. The smallest absolute Gasteiger partial charge is 0.347 e. The Balaban J connectivity index is 2.07. The van der Waals surface area contributed by atoms with Crippen molar-refractivity contribution in [2.45, 2.75) is 40.2 Å². The molecule has 1 aromatic heterocycles. The Kier molecular flexibility index (Phi) is 7.37. The van der Waals surface area contributed by atoms with Crippen molar-refractivity contribution in [3.8, 4) is 5.75 Å². The average Bonchev–Trinajstić information content (AvgIpc) is 2.98. The van der Waals surface area contributed by atoms with E-state index in [0.29, 0.717) is 23.6 Å². The zero-order chi connectivity index (χ0) is 20.7. The Morgan fingerprint density at radius 1 is 0.964 bits per heavy atom. The molecule has 7 nitrogen and oxygen atoms in total. The molecule has 0 bridgehead atoms. The first-order valence-corrected chi connectivity index (χ1v) is 9.16. The minimum absolute atomic E-state index is 0.174. The predicted octanol–water partition coefficient (Wildman–Crippen LogP) is 3.39. The van der Waals surface area contributed by atoms with Gasteiger partial charge in [-0.3, -0.25) is 4.79 Å². The number of aromatic amines is 1. The summed E-state index contributed by atoms with van der Waals surface area (Å²) in [7, 11) is 0. The van der Waals surface area contributed by atoms with Crippen LogP contribution >= 0.6 is 0 Å². The van der Waals surface area contributed by atoms with Crippen molar-refractivity contribution in [2.75, 3.05) is 13.2 Å². The summed E-state index contributed by atoms with van der Waals surface area (Å²) >= 11 is 0. The van der Waals surface area contributed by atoms with Gasteiger partial charge in [-0.25, -0.2) is 9.59 Å². The molecule has 0 saturated heterocycles. The lowest BCUT2D eigenvalue weighted by Gasteiger charge is -2.16. The van der Waals surface area contributed by atoms with Gasteiger partial charge < -0.3 is 19.2 Å². The highest BCUT2D eigenvalue weighted by molar-refractivity contribution is 6.09. The van der Waals surface area contributed by atoms with E-state index in [1.807, 2.05) is 6.07 Å². The third kappa shape index (κ3) is 5.00. The normalized spacial score (nSPS) is 11.6. The lowest BCUT2D eigenvalue weighted by molar-refractivity contribution is -0.150. The highest BCUT2D eigenvalue weighted by Crippen LogP contribution is 2.21. The Labute approximate surface area is 164 Å². The maximum atomic E-state index is 12.6. The Bertz CT molecular complexity index is 840. The summed E-state index contributed by atoms with van der Waals surface area (Å²) in [5.41, 5.74) is 1.41. The van der Waals surface area contributed by atoms with Crippen LogP contribution < -0.4 is 4.74 Å². The molecule has 28 heavy (non-hydrogen) atoms. The third-order valence-corrected chi connectivity index (χ3v) is 4.13. The van der Waals surface area contributed by atoms with Crippen LogP contribution in [0.3, 0.4) is 0 Å². The highest BCUT2D eigenvalue weighted by Gasteiger charge is 2.27. The monoisotopic (exact) mass is 387 g/mol. The number of hydrogen-bond acceptors (Lipinski definition) is 6. The van der Waals surface area contributed by atoms with E-state index in [0.717, 1.165) is 0 Å². The second-order valence-electron chi connectivity index (χ2n) is 6.20. The zero-order valence-electron chi connectivity index (χ0n) is 16.5. The van der Waals surface area contributed by atoms with E-state index >= 15 is 0 Å². The fraction of sp³-hybridized carbons (Fsp3) is 0.381. The first-order chi connectivity index (χ1) is 13.4. The SMILES string of the molecule is CCOC(=O)c1c(C)[nH]c(C)c1C(=O)COC(=O)[C@H](CC)Oc1ccccc1. The molecule has 1 aromatic carbocycles.